The van der Waals surface area contributed by atoms with Gasteiger partial charge in [0.05, 0.1) is 33.4 Å². The Morgan fingerprint density at radius 3 is 2.02 bits per heavy atom. The van der Waals surface area contributed by atoms with Crippen molar-refractivity contribution in [3.05, 3.63) is 124 Å². The van der Waals surface area contributed by atoms with E-state index in [0.717, 1.165) is 21.2 Å². The maximum atomic E-state index is 12.6. The quantitative estimate of drug-likeness (QED) is 0.0823. The van der Waals surface area contributed by atoms with Crippen molar-refractivity contribution >= 4 is 22.2 Å². The maximum absolute atomic E-state index is 12.6. The monoisotopic (exact) mass is 748 g/mol. The Morgan fingerprint density at radius 2 is 1.48 bits per heavy atom. The summed E-state index contributed by atoms with van der Waals surface area (Å²) < 4.78 is 51.5. The van der Waals surface area contributed by atoms with Gasteiger partial charge < -0.3 is 32.8 Å². The average molecular weight is 749 g/mol. The van der Waals surface area contributed by atoms with E-state index in [1.165, 1.54) is 12.5 Å². The van der Waals surface area contributed by atoms with Gasteiger partial charge in [0.25, 0.3) is 0 Å². The van der Waals surface area contributed by atoms with Gasteiger partial charge in [0.1, 0.15) is 41.5 Å². The van der Waals surface area contributed by atoms with Crippen LogP contribution in [0.15, 0.2) is 96.2 Å². The molecule has 5 atom stereocenters. The molecule has 276 valence electrons. The summed E-state index contributed by atoms with van der Waals surface area (Å²) in [7, 11) is -2.86. The molecule has 15 heteroatoms. The lowest BCUT2D eigenvalue weighted by atomic mass is 9.80. The van der Waals surface area contributed by atoms with Crippen molar-refractivity contribution < 1.29 is 37.4 Å². The summed E-state index contributed by atoms with van der Waals surface area (Å²) in [6.45, 7) is 10.4. The van der Waals surface area contributed by atoms with Crippen LogP contribution < -0.4 is 15.2 Å². The van der Waals surface area contributed by atoms with E-state index >= 15 is 0 Å². The highest BCUT2D eigenvalue weighted by atomic mass is 31.1. The number of hydrogen-bond acceptors (Lipinski definition) is 10. The van der Waals surface area contributed by atoms with Crippen LogP contribution in [0.3, 0.4) is 0 Å². The minimum Gasteiger partial charge on any atom is -0.497 e. The van der Waals surface area contributed by atoms with Crippen molar-refractivity contribution in [1.82, 2.24) is 19.6 Å². The molecule has 2 aromatic heterocycles. The Kier molecular flexibility index (Phi) is 10.9. The van der Waals surface area contributed by atoms with E-state index in [1.807, 2.05) is 78.9 Å². The van der Waals surface area contributed by atoms with Gasteiger partial charge in [-0.2, -0.15) is 9.61 Å². The SMILES string of the molecule is COc1ccc(C(OC[C@H]2O[C@@H](c3cnn4c(=O)[nH]cnc34)[C@H](O[Si](C)(C)C(C)(C)C)[C@@H]2O[PH](=O)O)(c2ccccc2)c2ccc(OC)cc2)cc1. The van der Waals surface area contributed by atoms with Crippen molar-refractivity contribution in [2.45, 2.75) is 68.9 Å². The van der Waals surface area contributed by atoms with Crippen molar-refractivity contribution in [3.8, 4) is 11.5 Å². The van der Waals surface area contributed by atoms with Crippen molar-refractivity contribution in [2.24, 2.45) is 0 Å². The highest BCUT2D eigenvalue weighted by Crippen LogP contribution is 2.48. The summed E-state index contributed by atoms with van der Waals surface area (Å²) in [6.07, 6.45) is -0.924. The molecule has 0 aliphatic carbocycles. The number of rotatable bonds is 13. The van der Waals surface area contributed by atoms with Gasteiger partial charge in [-0.15, -0.1) is 0 Å². The van der Waals surface area contributed by atoms with Gasteiger partial charge in [0.15, 0.2) is 14.0 Å². The summed E-state index contributed by atoms with van der Waals surface area (Å²) >= 11 is 0. The van der Waals surface area contributed by atoms with Crippen LogP contribution in [-0.2, 0) is 28.6 Å². The molecule has 3 heterocycles. The van der Waals surface area contributed by atoms with E-state index in [9.17, 15) is 14.3 Å². The molecule has 3 aromatic carbocycles. The molecule has 5 aromatic rings. The van der Waals surface area contributed by atoms with E-state index < -0.39 is 52.3 Å². The molecule has 0 radical (unpaired) electrons. The molecule has 1 saturated heterocycles. The molecule has 52 heavy (non-hydrogen) atoms. The number of nitrogens with one attached hydrogen (secondary N) is 1. The number of fused-ring (bicyclic) bond motifs is 1. The molecule has 6 rings (SSSR count). The molecule has 0 spiro atoms. The molecule has 0 saturated carbocycles. The lowest BCUT2D eigenvalue weighted by molar-refractivity contribution is -0.0794. The number of ether oxygens (including phenoxy) is 4. The zero-order valence-electron chi connectivity index (χ0n) is 30.2. The Balaban J connectivity index is 1.49. The maximum Gasteiger partial charge on any atom is 0.349 e. The minimum absolute atomic E-state index is 0.103. The van der Waals surface area contributed by atoms with E-state index in [1.54, 1.807) is 14.2 Å². The number of aromatic nitrogens is 4. The standard InChI is InChI=1S/C37H45N4O9PSi/c1-36(2,3)52(6,7)50-33-31(29-21-40-41-34(29)38-23-39-35(41)42)48-30(32(33)49-51(43)44)22-47-37(24-11-9-8-10-12-24,25-13-17-27(45-4)18-14-25)26-15-19-28(46-5)20-16-26/h8-21,23,30-33,51H,22H2,1-7H3,(H,43,44)(H,38,39,42)/t30-,31+,32-,33+/m1/s1. The van der Waals surface area contributed by atoms with Crippen LogP contribution in [0.1, 0.15) is 49.1 Å². The predicted molar refractivity (Wildman–Crippen MR) is 198 cm³/mol. The number of hydrogen-bond donors (Lipinski definition) is 2. The highest BCUT2D eigenvalue weighted by Gasteiger charge is 2.53. The summed E-state index contributed by atoms with van der Waals surface area (Å²) in [6, 6.07) is 25.0. The zero-order chi connectivity index (χ0) is 37.3. The summed E-state index contributed by atoms with van der Waals surface area (Å²) in [4.78, 5) is 29.8. The van der Waals surface area contributed by atoms with Crippen LogP contribution in [0.25, 0.3) is 5.65 Å². The molecule has 1 aliphatic heterocycles. The van der Waals surface area contributed by atoms with Gasteiger partial charge in [0, 0.05) is 5.56 Å². The fourth-order valence-corrected chi connectivity index (χ4v) is 8.15. The van der Waals surface area contributed by atoms with Gasteiger partial charge in [-0.1, -0.05) is 75.4 Å². The Hall–Kier alpha value is -4.14. The van der Waals surface area contributed by atoms with E-state index in [0.29, 0.717) is 17.1 Å². The van der Waals surface area contributed by atoms with Crippen LogP contribution in [0.5, 0.6) is 11.5 Å². The first-order chi connectivity index (χ1) is 24.8. The number of methoxy groups -OCH3 is 2. The first-order valence-electron chi connectivity index (χ1n) is 16.9. The molecule has 1 aliphatic rings. The lowest BCUT2D eigenvalue weighted by Gasteiger charge is -2.40. The minimum atomic E-state index is -3.50. The van der Waals surface area contributed by atoms with Gasteiger partial charge in [-0.3, -0.25) is 9.55 Å². The molecule has 2 N–H and O–H groups in total. The molecule has 1 fully saturated rings. The van der Waals surface area contributed by atoms with E-state index in [-0.39, 0.29) is 17.3 Å². The van der Waals surface area contributed by atoms with E-state index in [2.05, 4.69) is 48.9 Å². The number of nitrogens with zero attached hydrogens (tertiary/aromatic N) is 3. The lowest BCUT2D eigenvalue weighted by Crippen LogP contribution is -2.49. The van der Waals surface area contributed by atoms with Gasteiger partial charge in [-0.05, 0) is 59.1 Å². The third kappa shape index (κ3) is 7.24. The summed E-state index contributed by atoms with van der Waals surface area (Å²) in [5.74, 6) is 1.35. The first-order valence-corrected chi connectivity index (χ1v) is 21.1. The first kappa shape index (κ1) is 37.6. The number of aromatic amines is 1. The topological polar surface area (TPSA) is 156 Å². The third-order valence-electron chi connectivity index (χ3n) is 10.1. The highest BCUT2D eigenvalue weighted by molar-refractivity contribution is 7.32. The Labute approximate surface area is 303 Å². The van der Waals surface area contributed by atoms with Crippen molar-refractivity contribution in [1.29, 1.82) is 0 Å². The molecule has 0 bridgehead atoms. The number of benzene rings is 3. The second-order valence-corrected chi connectivity index (χ2v) is 19.7. The van der Waals surface area contributed by atoms with E-state index in [4.69, 9.17) is 27.9 Å². The largest absolute Gasteiger partial charge is 0.497 e. The second-order valence-electron chi connectivity index (χ2n) is 14.1. The smallest absolute Gasteiger partial charge is 0.349 e. The van der Waals surface area contributed by atoms with Crippen molar-refractivity contribution in [3.63, 3.8) is 0 Å². The molecule has 0 amide bonds. The zero-order valence-corrected chi connectivity index (χ0v) is 32.2. The van der Waals surface area contributed by atoms with Crippen LogP contribution in [0.2, 0.25) is 18.1 Å². The molecule has 13 nitrogen and oxygen atoms in total. The fourth-order valence-electron chi connectivity index (χ4n) is 6.34. The molecular weight excluding hydrogens is 703 g/mol. The predicted octanol–water partition coefficient (Wildman–Crippen LogP) is 6.04. The number of H-pyrrole nitrogens is 1. The van der Waals surface area contributed by atoms with Gasteiger partial charge in [0.2, 0.25) is 0 Å². The second kappa shape index (κ2) is 15.1. The van der Waals surface area contributed by atoms with Crippen LogP contribution in [-0.4, -0.2) is 71.9 Å². The van der Waals surface area contributed by atoms with Crippen molar-refractivity contribution in [2.75, 3.05) is 20.8 Å². The van der Waals surface area contributed by atoms with Gasteiger partial charge in [-0.25, -0.2) is 9.78 Å². The normalized spacial score (nSPS) is 20.2. The Morgan fingerprint density at radius 1 is 0.904 bits per heavy atom. The average Bonchev–Trinajstić information content (AvgIpc) is 3.70. The fraction of sp³-hybridized carbons (Fsp3) is 0.378. The van der Waals surface area contributed by atoms with Crippen LogP contribution in [0.4, 0.5) is 0 Å². The summed E-state index contributed by atoms with van der Waals surface area (Å²) in [5, 5.41) is 4.04. The molecular formula is C37H45N4O9PSi. The van der Waals surface area contributed by atoms with Crippen LogP contribution >= 0.6 is 8.25 Å². The summed E-state index contributed by atoms with van der Waals surface area (Å²) in [5.41, 5.74) is 1.49. The Bertz CT molecular complexity index is 2000. The molecule has 1 unspecified atom stereocenters. The van der Waals surface area contributed by atoms with Crippen LogP contribution in [0, 0.1) is 0 Å². The van der Waals surface area contributed by atoms with Gasteiger partial charge >= 0.3 is 13.9 Å². The third-order valence-corrected chi connectivity index (χ3v) is 15.0.